The summed E-state index contributed by atoms with van der Waals surface area (Å²) in [5.41, 5.74) is 3.37. The topological polar surface area (TPSA) is 66.0 Å². The van der Waals surface area contributed by atoms with Crippen molar-refractivity contribution >= 4 is 11.8 Å². The molecule has 0 radical (unpaired) electrons. The number of hydrogen-bond donors (Lipinski definition) is 1. The van der Waals surface area contributed by atoms with Crippen molar-refractivity contribution in [2.24, 2.45) is 0 Å². The van der Waals surface area contributed by atoms with Crippen molar-refractivity contribution in [1.29, 1.82) is 0 Å². The van der Waals surface area contributed by atoms with Crippen LogP contribution in [-0.2, 0) is 0 Å². The number of aryl methyl sites for hydroxylation is 2. The van der Waals surface area contributed by atoms with E-state index in [0.29, 0.717) is 17.6 Å². The van der Waals surface area contributed by atoms with Gasteiger partial charge >= 0.3 is 0 Å². The Hall–Kier alpha value is -2.47. The van der Waals surface area contributed by atoms with Crippen molar-refractivity contribution in [2.75, 3.05) is 18.2 Å². The Balaban J connectivity index is 1.56. The Morgan fingerprint density at radius 3 is 2.25 bits per heavy atom. The summed E-state index contributed by atoms with van der Waals surface area (Å²) in [6, 6.07) is 16.1. The smallest absolute Gasteiger partial charge is 0.210 e. The van der Waals surface area contributed by atoms with Crippen LogP contribution in [0.5, 0.6) is 5.75 Å². The molecule has 0 bridgehead atoms. The maximum absolute atomic E-state index is 6.11. The predicted molar refractivity (Wildman–Crippen MR) is 97.7 cm³/mol. The Labute approximate surface area is 145 Å². The van der Waals surface area contributed by atoms with Crippen LogP contribution in [0.25, 0.3) is 11.4 Å². The molecule has 0 aliphatic rings. The number of nitrogens with zero attached hydrogens (tertiary/aromatic N) is 3. The van der Waals surface area contributed by atoms with Gasteiger partial charge in [0.05, 0.1) is 6.61 Å². The van der Waals surface area contributed by atoms with Gasteiger partial charge < -0.3 is 10.6 Å². The molecule has 1 aromatic heterocycles. The van der Waals surface area contributed by atoms with Gasteiger partial charge in [0.2, 0.25) is 5.16 Å². The molecule has 5 nitrogen and oxygen atoms in total. The Kier molecular flexibility index (Phi) is 5.05. The van der Waals surface area contributed by atoms with Crippen molar-refractivity contribution in [3.05, 3.63) is 59.7 Å². The Bertz CT molecular complexity index is 797. The maximum atomic E-state index is 6.11. The summed E-state index contributed by atoms with van der Waals surface area (Å²) < 4.78 is 7.24. The Morgan fingerprint density at radius 1 is 0.958 bits per heavy atom. The van der Waals surface area contributed by atoms with E-state index in [2.05, 4.69) is 17.1 Å². The second-order valence-corrected chi connectivity index (χ2v) is 6.61. The lowest BCUT2D eigenvalue weighted by atomic mass is 10.1. The van der Waals surface area contributed by atoms with Crippen molar-refractivity contribution < 1.29 is 4.74 Å². The first-order valence-corrected chi connectivity index (χ1v) is 8.72. The van der Waals surface area contributed by atoms with Crippen LogP contribution in [0.2, 0.25) is 0 Å². The fourth-order valence-electron chi connectivity index (χ4n) is 2.20. The molecule has 0 saturated heterocycles. The van der Waals surface area contributed by atoms with E-state index in [9.17, 15) is 0 Å². The van der Waals surface area contributed by atoms with Crippen molar-refractivity contribution in [3.8, 4) is 17.1 Å². The van der Waals surface area contributed by atoms with Gasteiger partial charge in [-0.2, -0.15) is 0 Å². The van der Waals surface area contributed by atoms with E-state index in [1.165, 1.54) is 27.6 Å². The average Bonchev–Trinajstić information content (AvgIpc) is 2.95. The number of hydrogen-bond acceptors (Lipinski definition) is 5. The molecular weight excluding hydrogens is 320 g/mol. The highest BCUT2D eigenvalue weighted by Gasteiger charge is 2.11. The SMILES string of the molecule is Cc1ccc(OCCSc2nnc(-c3ccc(C)cc3)n2N)cc1. The number of thioether (sulfide) groups is 1. The zero-order valence-electron chi connectivity index (χ0n) is 13.8. The summed E-state index contributed by atoms with van der Waals surface area (Å²) in [4.78, 5) is 0. The van der Waals surface area contributed by atoms with Crippen LogP contribution in [0.1, 0.15) is 11.1 Å². The van der Waals surface area contributed by atoms with Crippen LogP contribution in [-0.4, -0.2) is 27.2 Å². The number of nitrogen functional groups attached to an aromatic ring is 1. The highest BCUT2D eigenvalue weighted by molar-refractivity contribution is 7.99. The van der Waals surface area contributed by atoms with Gasteiger partial charge in [-0.05, 0) is 26.0 Å². The summed E-state index contributed by atoms with van der Waals surface area (Å²) in [5, 5.41) is 9.03. The first-order valence-electron chi connectivity index (χ1n) is 7.73. The molecule has 0 unspecified atom stereocenters. The van der Waals surface area contributed by atoms with Crippen LogP contribution in [0.15, 0.2) is 53.7 Å². The summed E-state index contributed by atoms with van der Waals surface area (Å²) in [7, 11) is 0. The average molecular weight is 340 g/mol. The molecule has 2 aromatic carbocycles. The van der Waals surface area contributed by atoms with Gasteiger partial charge in [-0.3, -0.25) is 0 Å². The molecule has 0 spiro atoms. The number of rotatable bonds is 6. The van der Waals surface area contributed by atoms with Crippen LogP contribution in [0.4, 0.5) is 0 Å². The molecule has 24 heavy (non-hydrogen) atoms. The third-order valence-corrected chi connectivity index (χ3v) is 4.49. The first kappa shape index (κ1) is 16.4. The molecule has 124 valence electrons. The van der Waals surface area contributed by atoms with Crippen LogP contribution >= 0.6 is 11.8 Å². The zero-order chi connectivity index (χ0) is 16.9. The second kappa shape index (κ2) is 7.40. The monoisotopic (exact) mass is 340 g/mol. The molecule has 0 atom stereocenters. The van der Waals surface area contributed by atoms with Crippen LogP contribution < -0.4 is 10.6 Å². The minimum Gasteiger partial charge on any atom is -0.493 e. The fraction of sp³-hybridized carbons (Fsp3) is 0.222. The molecule has 6 heteroatoms. The third kappa shape index (κ3) is 3.89. The normalized spacial score (nSPS) is 10.8. The van der Waals surface area contributed by atoms with Crippen molar-refractivity contribution in [1.82, 2.24) is 14.9 Å². The summed E-state index contributed by atoms with van der Waals surface area (Å²) >= 11 is 1.53. The van der Waals surface area contributed by atoms with Gasteiger partial charge in [0.15, 0.2) is 5.82 Å². The number of nitrogens with two attached hydrogens (primary N) is 1. The minimum absolute atomic E-state index is 0.584. The molecule has 0 fully saturated rings. The second-order valence-electron chi connectivity index (χ2n) is 5.55. The van der Waals surface area contributed by atoms with E-state index in [4.69, 9.17) is 10.6 Å². The van der Waals surface area contributed by atoms with Gasteiger partial charge in [0, 0.05) is 11.3 Å². The lowest BCUT2D eigenvalue weighted by Crippen LogP contribution is -2.12. The van der Waals surface area contributed by atoms with Crippen LogP contribution in [0, 0.1) is 13.8 Å². The van der Waals surface area contributed by atoms with E-state index in [1.807, 2.05) is 55.5 Å². The minimum atomic E-state index is 0.584. The molecule has 1 heterocycles. The number of ether oxygens (including phenoxy) is 1. The molecule has 0 amide bonds. The van der Waals surface area contributed by atoms with Gasteiger partial charge in [0.1, 0.15) is 5.75 Å². The lowest BCUT2D eigenvalue weighted by molar-refractivity contribution is 0.344. The van der Waals surface area contributed by atoms with Crippen LogP contribution in [0.3, 0.4) is 0 Å². The van der Waals surface area contributed by atoms with Gasteiger partial charge in [0.25, 0.3) is 0 Å². The maximum Gasteiger partial charge on any atom is 0.210 e. The predicted octanol–water partition coefficient (Wildman–Crippen LogP) is 3.45. The molecule has 0 aliphatic carbocycles. The molecule has 3 rings (SSSR count). The highest BCUT2D eigenvalue weighted by atomic mass is 32.2. The largest absolute Gasteiger partial charge is 0.493 e. The molecule has 0 saturated carbocycles. The van der Waals surface area contributed by atoms with Crippen molar-refractivity contribution in [2.45, 2.75) is 19.0 Å². The zero-order valence-corrected chi connectivity index (χ0v) is 14.6. The molecule has 0 aliphatic heterocycles. The number of benzene rings is 2. The Morgan fingerprint density at radius 2 is 1.58 bits per heavy atom. The van der Waals surface area contributed by atoms with Crippen molar-refractivity contribution in [3.63, 3.8) is 0 Å². The van der Waals surface area contributed by atoms with E-state index in [1.54, 1.807) is 0 Å². The van der Waals surface area contributed by atoms with E-state index < -0.39 is 0 Å². The summed E-state index contributed by atoms with van der Waals surface area (Å²) in [6.07, 6.45) is 0. The third-order valence-electron chi connectivity index (χ3n) is 3.58. The molecular formula is C18H20N4OS. The van der Waals surface area contributed by atoms with Gasteiger partial charge in [-0.1, -0.05) is 59.3 Å². The first-order chi connectivity index (χ1) is 11.6. The summed E-state index contributed by atoms with van der Waals surface area (Å²) in [5.74, 6) is 8.40. The highest BCUT2D eigenvalue weighted by Crippen LogP contribution is 2.22. The van der Waals surface area contributed by atoms with E-state index in [0.717, 1.165) is 17.1 Å². The van der Waals surface area contributed by atoms with Gasteiger partial charge in [-0.25, -0.2) is 4.68 Å². The molecule has 2 N–H and O–H groups in total. The number of aromatic nitrogens is 3. The summed E-state index contributed by atoms with van der Waals surface area (Å²) in [6.45, 7) is 4.69. The lowest BCUT2D eigenvalue weighted by Gasteiger charge is -2.06. The molecule has 3 aromatic rings. The van der Waals surface area contributed by atoms with E-state index in [-0.39, 0.29) is 0 Å². The standard InChI is InChI=1S/C18H20N4OS/c1-13-3-7-15(8-4-13)17-20-21-18(22(17)19)24-12-11-23-16-9-5-14(2)6-10-16/h3-10H,11-12,19H2,1-2H3. The van der Waals surface area contributed by atoms with Gasteiger partial charge in [-0.15, -0.1) is 10.2 Å². The van der Waals surface area contributed by atoms with E-state index >= 15 is 0 Å². The quantitative estimate of drug-likeness (QED) is 0.423. The fourth-order valence-corrected chi connectivity index (χ4v) is 2.88.